The number of imidazole rings is 1. The van der Waals surface area contributed by atoms with Crippen molar-refractivity contribution in [1.82, 2.24) is 18.7 Å². The van der Waals surface area contributed by atoms with Crippen LogP contribution < -0.4 is 16.1 Å². The zero-order valence-corrected chi connectivity index (χ0v) is 19.9. The molecule has 2 aromatic carbocycles. The van der Waals surface area contributed by atoms with Gasteiger partial charge in [0, 0.05) is 30.8 Å². The highest BCUT2D eigenvalue weighted by molar-refractivity contribution is 6.31. The van der Waals surface area contributed by atoms with Crippen molar-refractivity contribution in [1.29, 1.82) is 0 Å². The van der Waals surface area contributed by atoms with Crippen molar-refractivity contribution in [2.24, 2.45) is 13.0 Å². The molecule has 170 valence electrons. The second-order valence-electron chi connectivity index (χ2n) is 8.95. The van der Waals surface area contributed by atoms with Crippen LogP contribution in [0, 0.1) is 19.8 Å². The highest BCUT2D eigenvalue weighted by atomic mass is 35.5. The van der Waals surface area contributed by atoms with E-state index in [9.17, 15) is 9.59 Å². The minimum atomic E-state index is -0.371. The number of rotatable bonds is 3. The van der Waals surface area contributed by atoms with Gasteiger partial charge in [-0.15, -0.1) is 0 Å². The fourth-order valence-electron chi connectivity index (χ4n) is 4.69. The first kappa shape index (κ1) is 21.5. The molecule has 0 N–H and O–H groups in total. The van der Waals surface area contributed by atoms with Crippen molar-refractivity contribution in [2.45, 2.75) is 33.9 Å². The summed E-state index contributed by atoms with van der Waals surface area (Å²) in [7, 11) is 1.68. The maximum Gasteiger partial charge on any atom is 0.332 e. The van der Waals surface area contributed by atoms with Crippen LogP contribution in [0.3, 0.4) is 0 Å². The van der Waals surface area contributed by atoms with Crippen molar-refractivity contribution in [3.63, 3.8) is 0 Å². The molecule has 2 aromatic heterocycles. The largest absolute Gasteiger partial charge is 0.332 e. The van der Waals surface area contributed by atoms with E-state index < -0.39 is 0 Å². The number of aryl methyl sites for hydroxylation is 2. The highest BCUT2D eigenvalue weighted by Gasteiger charge is 2.30. The Morgan fingerprint density at radius 3 is 2.58 bits per heavy atom. The third-order valence-corrected chi connectivity index (χ3v) is 6.97. The Bertz CT molecular complexity index is 1510. The molecule has 0 aliphatic carbocycles. The van der Waals surface area contributed by atoms with E-state index >= 15 is 0 Å². The van der Waals surface area contributed by atoms with E-state index in [1.807, 2.05) is 60.9 Å². The van der Waals surface area contributed by atoms with Gasteiger partial charge in [0.15, 0.2) is 11.2 Å². The second-order valence-corrected chi connectivity index (χ2v) is 9.36. The van der Waals surface area contributed by atoms with Crippen LogP contribution in [0.1, 0.15) is 23.6 Å². The number of fused-ring (bicyclic) bond motifs is 3. The summed E-state index contributed by atoms with van der Waals surface area (Å²) in [5, 5.41) is 0.682. The van der Waals surface area contributed by atoms with Crippen molar-refractivity contribution < 1.29 is 0 Å². The van der Waals surface area contributed by atoms with Crippen molar-refractivity contribution in [2.75, 3.05) is 11.4 Å². The lowest BCUT2D eigenvalue weighted by molar-refractivity contribution is 0.457. The van der Waals surface area contributed by atoms with E-state index in [0.29, 0.717) is 28.7 Å². The topological polar surface area (TPSA) is 65.1 Å². The van der Waals surface area contributed by atoms with Crippen LogP contribution in [-0.2, 0) is 20.1 Å². The van der Waals surface area contributed by atoms with Gasteiger partial charge in [0.05, 0.1) is 6.54 Å². The van der Waals surface area contributed by atoms with E-state index in [-0.39, 0.29) is 23.7 Å². The van der Waals surface area contributed by atoms with E-state index in [0.717, 1.165) is 28.9 Å². The number of halogens is 1. The van der Waals surface area contributed by atoms with Gasteiger partial charge in [-0.25, -0.2) is 4.79 Å². The van der Waals surface area contributed by atoms with Crippen LogP contribution in [0.25, 0.3) is 11.2 Å². The van der Waals surface area contributed by atoms with Gasteiger partial charge in [-0.1, -0.05) is 48.9 Å². The predicted molar refractivity (Wildman–Crippen MR) is 132 cm³/mol. The summed E-state index contributed by atoms with van der Waals surface area (Å²) in [4.78, 5) is 33.8. The maximum atomic E-state index is 13.7. The number of hydrogen-bond acceptors (Lipinski definition) is 4. The lowest BCUT2D eigenvalue weighted by Gasteiger charge is -2.34. The van der Waals surface area contributed by atoms with Gasteiger partial charge in [0.2, 0.25) is 5.95 Å². The van der Waals surface area contributed by atoms with Crippen LogP contribution in [0.5, 0.6) is 0 Å². The van der Waals surface area contributed by atoms with Crippen molar-refractivity contribution in [3.8, 4) is 0 Å². The molecule has 7 nitrogen and oxygen atoms in total. The number of aromatic nitrogens is 4. The van der Waals surface area contributed by atoms with Gasteiger partial charge < -0.3 is 9.47 Å². The monoisotopic (exact) mass is 463 g/mol. The molecule has 8 heteroatoms. The molecule has 0 fully saturated rings. The molecular formula is C25H26ClN5O2. The first-order chi connectivity index (χ1) is 15.8. The minimum absolute atomic E-state index is 0.224. The summed E-state index contributed by atoms with van der Waals surface area (Å²) in [5.41, 5.74) is 4.07. The third-order valence-electron chi connectivity index (χ3n) is 6.56. The molecule has 1 unspecified atom stereocenters. The Morgan fingerprint density at radius 1 is 1.06 bits per heavy atom. The van der Waals surface area contributed by atoms with Crippen LogP contribution in [0.15, 0.2) is 52.1 Å². The Kier molecular flexibility index (Phi) is 5.16. The summed E-state index contributed by atoms with van der Waals surface area (Å²) in [6.07, 6.45) is 0. The van der Waals surface area contributed by atoms with E-state index in [2.05, 4.69) is 11.8 Å². The Morgan fingerprint density at radius 2 is 1.82 bits per heavy atom. The smallest absolute Gasteiger partial charge is 0.311 e. The number of nitrogens with zero attached hydrogens (tertiary/aromatic N) is 5. The normalized spacial score (nSPS) is 15.8. The molecule has 0 spiro atoms. The molecule has 0 radical (unpaired) electrons. The average Bonchev–Trinajstić information content (AvgIpc) is 3.17. The lowest BCUT2D eigenvalue weighted by atomic mass is 10.1. The first-order valence-electron chi connectivity index (χ1n) is 11.0. The highest BCUT2D eigenvalue weighted by Crippen LogP contribution is 2.36. The molecule has 5 rings (SSSR count). The van der Waals surface area contributed by atoms with Crippen LogP contribution in [0.4, 0.5) is 11.6 Å². The van der Waals surface area contributed by atoms with Gasteiger partial charge in [-0.05, 0) is 48.6 Å². The van der Waals surface area contributed by atoms with E-state index in [1.165, 1.54) is 9.13 Å². The molecular weight excluding hydrogens is 438 g/mol. The molecule has 1 aliphatic rings. The zero-order chi connectivity index (χ0) is 23.4. The SMILES string of the molecule is Cc1ccccc1Cn1c(=O)c2c(nc3n2CC(C)CN3c2cccc(Cl)c2C)n(C)c1=O. The molecule has 0 saturated carbocycles. The molecule has 0 bridgehead atoms. The number of hydrogen-bond donors (Lipinski definition) is 0. The number of benzene rings is 2. The van der Waals surface area contributed by atoms with Crippen molar-refractivity contribution >= 4 is 34.4 Å². The lowest BCUT2D eigenvalue weighted by Crippen LogP contribution is -2.40. The molecule has 1 atom stereocenters. The van der Waals surface area contributed by atoms with Crippen molar-refractivity contribution in [3.05, 3.63) is 85.0 Å². The third kappa shape index (κ3) is 3.38. The van der Waals surface area contributed by atoms with Crippen LogP contribution >= 0.6 is 11.6 Å². The summed E-state index contributed by atoms with van der Waals surface area (Å²) >= 11 is 6.40. The average molecular weight is 464 g/mol. The van der Waals surface area contributed by atoms with Gasteiger partial charge in [0.1, 0.15) is 0 Å². The van der Waals surface area contributed by atoms with Gasteiger partial charge >= 0.3 is 5.69 Å². The van der Waals surface area contributed by atoms with Crippen LogP contribution in [0.2, 0.25) is 5.02 Å². The summed E-state index contributed by atoms with van der Waals surface area (Å²) in [5.74, 6) is 0.934. The maximum absolute atomic E-state index is 13.7. The standard InChI is InChI=1S/C25H26ClN5O2/c1-15-12-29(20-11-7-10-19(26)17(20)3)24-27-22-21(30(24)13-15)23(32)31(25(33)28(22)4)14-18-9-6-5-8-16(18)2/h5-11,15H,12-14H2,1-4H3. The predicted octanol–water partition coefficient (Wildman–Crippen LogP) is 4.00. The molecule has 1 aliphatic heterocycles. The van der Waals surface area contributed by atoms with E-state index in [4.69, 9.17) is 16.6 Å². The Labute approximate surface area is 196 Å². The fourth-order valence-corrected chi connectivity index (χ4v) is 4.86. The Balaban J connectivity index is 1.75. The minimum Gasteiger partial charge on any atom is -0.311 e. The summed E-state index contributed by atoms with van der Waals surface area (Å²) in [6.45, 7) is 7.73. The van der Waals surface area contributed by atoms with E-state index in [1.54, 1.807) is 7.05 Å². The number of anilines is 2. The second kappa shape index (κ2) is 7.92. The van der Waals surface area contributed by atoms with Crippen LogP contribution in [-0.4, -0.2) is 25.2 Å². The Hall–Kier alpha value is -3.32. The molecule has 0 amide bonds. The molecule has 33 heavy (non-hydrogen) atoms. The zero-order valence-electron chi connectivity index (χ0n) is 19.2. The fraction of sp³-hybridized carbons (Fsp3) is 0.320. The summed E-state index contributed by atoms with van der Waals surface area (Å²) < 4.78 is 4.75. The summed E-state index contributed by atoms with van der Waals surface area (Å²) in [6, 6.07) is 13.6. The van der Waals surface area contributed by atoms with Gasteiger partial charge in [-0.2, -0.15) is 4.98 Å². The van der Waals surface area contributed by atoms with Gasteiger partial charge in [-0.3, -0.25) is 13.9 Å². The quantitative estimate of drug-likeness (QED) is 0.460. The van der Waals surface area contributed by atoms with Gasteiger partial charge in [0.25, 0.3) is 5.56 Å². The molecule has 3 heterocycles. The molecule has 4 aromatic rings. The molecule has 0 saturated heterocycles. The first-order valence-corrected chi connectivity index (χ1v) is 11.4.